The molecule has 2 atom stereocenters. The van der Waals surface area contributed by atoms with Crippen LogP contribution in [-0.4, -0.2) is 27.7 Å². The van der Waals surface area contributed by atoms with Crippen molar-refractivity contribution in [2.45, 2.75) is 32.9 Å². The molecule has 2 unspecified atom stereocenters. The third kappa shape index (κ3) is 2.20. The molecule has 4 nitrogen and oxygen atoms in total. The highest BCUT2D eigenvalue weighted by Gasteiger charge is 2.25. The molecule has 0 aromatic carbocycles. The van der Waals surface area contributed by atoms with Gasteiger partial charge in [0.2, 0.25) is 0 Å². The number of hydrogen-bond donors (Lipinski definition) is 0. The molecule has 0 amide bonds. The van der Waals surface area contributed by atoms with Gasteiger partial charge in [0.15, 0.2) is 0 Å². The Bertz CT molecular complexity index is 534. The van der Waals surface area contributed by atoms with E-state index in [-0.39, 0.29) is 0 Å². The van der Waals surface area contributed by atoms with Crippen LogP contribution in [0.25, 0.3) is 10.6 Å². The van der Waals surface area contributed by atoms with Crippen LogP contribution in [0.3, 0.4) is 0 Å². The van der Waals surface area contributed by atoms with Crippen molar-refractivity contribution >= 4 is 11.3 Å². The van der Waals surface area contributed by atoms with Gasteiger partial charge in [-0.25, -0.2) is 0 Å². The van der Waals surface area contributed by atoms with Gasteiger partial charge in [-0.15, -0.1) is 16.4 Å². The van der Waals surface area contributed by atoms with Crippen molar-refractivity contribution < 1.29 is 4.74 Å². The molecule has 1 aliphatic heterocycles. The predicted octanol–water partition coefficient (Wildman–Crippen LogP) is 2.74. The minimum atomic E-state index is 0.334. The zero-order valence-electron chi connectivity index (χ0n) is 10.7. The van der Waals surface area contributed by atoms with Gasteiger partial charge in [-0.1, -0.05) is 5.21 Å². The lowest BCUT2D eigenvalue weighted by atomic mass is 10.0. The monoisotopic (exact) mass is 263 g/mol. The molecule has 3 heterocycles. The highest BCUT2D eigenvalue weighted by molar-refractivity contribution is 7.13. The molecule has 1 fully saturated rings. The van der Waals surface area contributed by atoms with Gasteiger partial charge in [0.05, 0.1) is 17.2 Å². The second-order valence-corrected chi connectivity index (χ2v) is 5.80. The lowest BCUT2D eigenvalue weighted by Gasteiger charge is -2.12. The van der Waals surface area contributed by atoms with Crippen molar-refractivity contribution in [1.82, 2.24) is 15.0 Å². The maximum atomic E-state index is 5.58. The lowest BCUT2D eigenvalue weighted by Crippen LogP contribution is -2.18. The van der Waals surface area contributed by atoms with E-state index in [1.54, 1.807) is 11.3 Å². The van der Waals surface area contributed by atoms with E-state index in [0.29, 0.717) is 12.0 Å². The van der Waals surface area contributed by atoms with E-state index in [1.807, 2.05) is 10.9 Å². The minimum Gasteiger partial charge on any atom is -0.378 e. The van der Waals surface area contributed by atoms with Crippen LogP contribution in [0.5, 0.6) is 0 Å². The van der Waals surface area contributed by atoms with E-state index in [1.165, 1.54) is 10.4 Å². The van der Waals surface area contributed by atoms with Gasteiger partial charge >= 0.3 is 0 Å². The van der Waals surface area contributed by atoms with Crippen LogP contribution in [0.1, 0.15) is 18.9 Å². The summed E-state index contributed by atoms with van der Waals surface area (Å²) >= 11 is 1.72. The zero-order valence-corrected chi connectivity index (χ0v) is 11.5. The fraction of sp³-hybridized carbons (Fsp3) is 0.538. The van der Waals surface area contributed by atoms with Crippen molar-refractivity contribution in [2.75, 3.05) is 6.61 Å². The number of thiophene rings is 1. The molecule has 96 valence electrons. The number of aromatic nitrogens is 3. The molecule has 0 radical (unpaired) electrons. The summed E-state index contributed by atoms with van der Waals surface area (Å²) in [6.07, 6.45) is 3.50. The summed E-state index contributed by atoms with van der Waals surface area (Å²) in [5.41, 5.74) is 2.25. The molecule has 1 aliphatic rings. The average Bonchev–Trinajstić information content (AvgIpc) is 3.03. The topological polar surface area (TPSA) is 39.9 Å². The van der Waals surface area contributed by atoms with Crippen LogP contribution in [-0.2, 0) is 11.3 Å². The van der Waals surface area contributed by atoms with Gasteiger partial charge in [-0.3, -0.25) is 4.68 Å². The van der Waals surface area contributed by atoms with E-state index in [9.17, 15) is 0 Å². The van der Waals surface area contributed by atoms with E-state index in [4.69, 9.17) is 4.74 Å². The number of ether oxygens (including phenoxy) is 1. The first-order valence-electron chi connectivity index (χ1n) is 6.30. The first-order valence-corrected chi connectivity index (χ1v) is 7.18. The summed E-state index contributed by atoms with van der Waals surface area (Å²) in [7, 11) is 0. The van der Waals surface area contributed by atoms with Crippen LogP contribution >= 0.6 is 11.3 Å². The molecule has 18 heavy (non-hydrogen) atoms. The van der Waals surface area contributed by atoms with E-state index < -0.39 is 0 Å². The molecular formula is C13H17N3OS. The maximum absolute atomic E-state index is 5.58. The Balaban J connectivity index is 1.76. The zero-order chi connectivity index (χ0) is 12.5. The highest BCUT2D eigenvalue weighted by atomic mass is 32.1. The summed E-state index contributed by atoms with van der Waals surface area (Å²) in [5.74, 6) is 0.559. The maximum Gasteiger partial charge on any atom is 0.123 e. The Kier molecular flexibility index (Phi) is 3.18. The minimum absolute atomic E-state index is 0.334. The molecule has 0 saturated carbocycles. The highest BCUT2D eigenvalue weighted by Crippen LogP contribution is 2.27. The summed E-state index contributed by atoms with van der Waals surface area (Å²) in [5, 5.41) is 10.6. The Morgan fingerprint density at radius 1 is 1.56 bits per heavy atom. The summed E-state index contributed by atoms with van der Waals surface area (Å²) in [4.78, 5) is 1.22. The number of hydrogen-bond acceptors (Lipinski definition) is 4. The van der Waals surface area contributed by atoms with Crippen molar-refractivity contribution in [3.63, 3.8) is 0 Å². The summed E-state index contributed by atoms with van der Waals surface area (Å²) in [6, 6.07) is 2.12. The fourth-order valence-electron chi connectivity index (χ4n) is 2.38. The van der Waals surface area contributed by atoms with Crippen LogP contribution in [0, 0.1) is 12.8 Å². The molecule has 0 spiro atoms. The normalized spacial score (nSPS) is 23.7. The molecule has 0 bridgehead atoms. The molecule has 0 aliphatic carbocycles. The SMILES string of the molecule is Cc1ccsc1-c1cn(CC2CCOC2C)nn1. The lowest BCUT2D eigenvalue weighted by molar-refractivity contribution is 0.100. The Morgan fingerprint density at radius 2 is 2.44 bits per heavy atom. The molecule has 2 aromatic rings. The van der Waals surface area contributed by atoms with Gasteiger partial charge in [0.1, 0.15) is 5.69 Å². The number of rotatable bonds is 3. The van der Waals surface area contributed by atoms with Gasteiger partial charge in [0.25, 0.3) is 0 Å². The van der Waals surface area contributed by atoms with Gasteiger partial charge in [0, 0.05) is 19.1 Å². The van der Waals surface area contributed by atoms with E-state index in [0.717, 1.165) is 25.3 Å². The third-order valence-corrected chi connectivity index (χ3v) is 4.63. The van der Waals surface area contributed by atoms with Crippen molar-refractivity contribution in [3.05, 3.63) is 23.2 Å². The quantitative estimate of drug-likeness (QED) is 0.855. The largest absolute Gasteiger partial charge is 0.378 e. The van der Waals surface area contributed by atoms with E-state index in [2.05, 4.69) is 35.6 Å². The third-order valence-electron chi connectivity index (χ3n) is 3.59. The van der Waals surface area contributed by atoms with Crippen LogP contribution < -0.4 is 0 Å². The summed E-state index contributed by atoms with van der Waals surface area (Å²) in [6.45, 7) is 6.02. The Hall–Kier alpha value is -1.20. The van der Waals surface area contributed by atoms with Gasteiger partial charge in [-0.05, 0) is 37.3 Å². The predicted molar refractivity (Wildman–Crippen MR) is 71.6 cm³/mol. The molecule has 2 aromatic heterocycles. The van der Waals surface area contributed by atoms with Crippen LogP contribution in [0.15, 0.2) is 17.6 Å². The Morgan fingerprint density at radius 3 is 3.11 bits per heavy atom. The first-order chi connectivity index (χ1) is 8.74. The molecule has 3 rings (SSSR count). The molecule has 5 heteroatoms. The Labute approximate surface area is 111 Å². The van der Waals surface area contributed by atoms with Crippen LogP contribution in [0.4, 0.5) is 0 Å². The summed E-state index contributed by atoms with van der Waals surface area (Å²) < 4.78 is 7.53. The van der Waals surface area contributed by atoms with Gasteiger partial charge in [-0.2, -0.15) is 0 Å². The first kappa shape index (κ1) is 11.9. The second kappa shape index (κ2) is 4.82. The second-order valence-electron chi connectivity index (χ2n) is 4.88. The molecule has 0 N–H and O–H groups in total. The van der Waals surface area contributed by atoms with Crippen molar-refractivity contribution in [2.24, 2.45) is 5.92 Å². The van der Waals surface area contributed by atoms with Crippen LogP contribution in [0.2, 0.25) is 0 Å². The molecular weight excluding hydrogens is 246 g/mol. The van der Waals surface area contributed by atoms with Gasteiger partial charge < -0.3 is 4.74 Å². The standard InChI is InChI=1S/C13H17N3OS/c1-9-4-6-18-13(9)12-8-16(15-14-12)7-11-3-5-17-10(11)2/h4,6,8,10-11H,3,5,7H2,1-2H3. The average molecular weight is 263 g/mol. The molecule has 1 saturated heterocycles. The fourth-order valence-corrected chi connectivity index (χ4v) is 3.26. The van der Waals surface area contributed by atoms with Crippen molar-refractivity contribution in [3.8, 4) is 10.6 Å². The smallest absolute Gasteiger partial charge is 0.123 e. The van der Waals surface area contributed by atoms with E-state index >= 15 is 0 Å². The number of aryl methyl sites for hydroxylation is 1. The van der Waals surface area contributed by atoms with Crippen molar-refractivity contribution in [1.29, 1.82) is 0 Å². The number of nitrogens with zero attached hydrogens (tertiary/aromatic N) is 3.